The van der Waals surface area contributed by atoms with Crippen LogP contribution in [0.1, 0.15) is 31.2 Å². The monoisotopic (exact) mass is 556 g/mol. The molecule has 0 bridgehead atoms. The molecule has 2 aliphatic rings. The van der Waals surface area contributed by atoms with Crippen LogP contribution in [0.2, 0.25) is 0 Å². The van der Waals surface area contributed by atoms with Gasteiger partial charge in [-0.1, -0.05) is 6.42 Å². The molecule has 12 heteroatoms. The van der Waals surface area contributed by atoms with Crippen molar-refractivity contribution >= 4 is 38.4 Å². The molecule has 0 saturated heterocycles. The van der Waals surface area contributed by atoms with Gasteiger partial charge in [-0.25, -0.2) is 9.37 Å². The maximum atomic E-state index is 15.5. The third kappa shape index (κ3) is 4.70. The van der Waals surface area contributed by atoms with Gasteiger partial charge >= 0.3 is 10.2 Å². The molecule has 1 N–H and O–H groups in total. The summed E-state index contributed by atoms with van der Waals surface area (Å²) in [6.45, 7) is 1.14. The summed E-state index contributed by atoms with van der Waals surface area (Å²) in [5.41, 5.74) is 2.19. The average molecular weight is 557 g/mol. The van der Waals surface area contributed by atoms with Gasteiger partial charge in [-0.3, -0.25) is 14.5 Å². The van der Waals surface area contributed by atoms with E-state index in [2.05, 4.69) is 14.7 Å². The Morgan fingerprint density at radius 2 is 1.85 bits per heavy atom. The van der Waals surface area contributed by atoms with Gasteiger partial charge in [0.25, 0.3) is 0 Å². The van der Waals surface area contributed by atoms with E-state index >= 15 is 4.39 Å². The Morgan fingerprint density at radius 1 is 1.10 bits per heavy atom. The maximum absolute atomic E-state index is 15.5. The molecule has 0 atom stereocenters. The van der Waals surface area contributed by atoms with E-state index in [1.807, 2.05) is 25.1 Å². The molecular weight excluding hydrogens is 523 g/mol. The zero-order chi connectivity index (χ0) is 28.1. The van der Waals surface area contributed by atoms with E-state index in [-0.39, 0.29) is 23.0 Å². The molecule has 0 radical (unpaired) electrons. The van der Waals surface area contributed by atoms with E-state index in [1.54, 1.807) is 24.2 Å². The summed E-state index contributed by atoms with van der Waals surface area (Å²) in [6.07, 6.45) is 6.18. The minimum Gasteiger partial charge on any atom is -0.476 e. The van der Waals surface area contributed by atoms with Crippen molar-refractivity contribution in [1.82, 2.24) is 19.2 Å². The maximum Gasteiger partial charge on any atom is 0.301 e. The number of halogens is 1. The van der Waals surface area contributed by atoms with Gasteiger partial charge in [0.2, 0.25) is 11.8 Å². The Morgan fingerprint density at radius 3 is 2.49 bits per heavy atom. The van der Waals surface area contributed by atoms with Gasteiger partial charge in [-0.2, -0.15) is 12.7 Å². The van der Waals surface area contributed by atoms with Crippen LogP contribution in [0, 0.1) is 5.82 Å². The number of hydrogen-bond acceptors (Lipinski definition) is 7. The second-order valence-electron chi connectivity index (χ2n) is 10.6. The number of nitrogens with one attached hydrogen (secondary N) is 1. The molecule has 3 heterocycles. The molecule has 2 aromatic heterocycles. The number of carbonyl (C=O) groups is 1. The molecule has 1 spiro atoms. The van der Waals surface area contributed by atoms with Crippen LogP contribution in [-0.4, -0.2) is 81.9 Å². The van der Waals surface area contributed by atoms with Crippen LogP contribution in [0.3, 0.4) is 0 Å². The lowest BCUT2D eigenvalue weighted by Gasteiger charge is -2.37. The first-order valence-electron chi connectivity index (χ1n) is 12.8. The molecule has 3 aromatic rings. The van der Waals surface area contributed by atoms with Gasteiger partial charge in [0.1, 0.15) is 17.0 Å². The predicted octanol–water partition coefficient (Wildman–Crippen LogP) is 3.38. The molecule has 1 saturated carbocycles. The quantitative estimate of drug-likeness (QED) is 0.403. The molecule has 1 fully saturated rings. The summed E-state index contributed by atoms with van der Waals surface area (Å²) in [4.78, 5) is 25.6. The fraction of sp³-hybridized carbons (Fsp3) is 0.444. The second kappa shape index (κ2) is 10.00. The van der Waals surface area contributed by atoms with Crippen LogP contribution >= 0.6 is 0 Å². The van der Waals surface area contributed by atoms with Crippen LogP contribution in [0.25, 0.3) is 22.0 Å². The molecule has 5 rings (SSSR count). The largest absolute Gasteiger partial charge is 0.476 e. The first kappa shape index (κ1) is 27.2. The minimum atomic E-state index is -3.86. The molecule has 0 unspecified atom stereocenters. The van der Waals surface area contributed by atoms with E-state index < -0.39 is 21.4 Å². The van der Waals surface area contributed by atoms with Crippen molar-refractivity contribution in [3.05, 3.63) is 42.0 Å². The number of ether oxygens (including phenoxy) is 1. The van der Waals surface area contributed by atoms with Crippen LogP contribution in [0.4, 0.5) is 15.8 Å². The van der Waals surface area contributed by atoms with Crippen LogP contribution in [-0.2, 0) is 20.4 Å². The number of pyridine rings is 2. The van der Waals surface area contributed by atoms with Crippen LogP contribution in [0.15, 0.2) is 30.6 Å². The van der Waals surface area contributed by atoms with E-state index in [0.29, 0.717) is 41.6 Å². The topological polar surface area (TPSA) is 108 Å². The molecule has 1 aromatic carbocycles. The minimum absolute atomic E-state index is 0.0154. The van der Waals surface area contributed by atoms with Crippen LogP contribution < -0.4 is 14.4 Å². The summed E-state index contributed by atoms with van der Waals surface area (Å²) >= 11 is 0. The SMILES string of the molecule is CN(C)CCCOc1ncc(-c2cc(F)c3ncc4c(c3c2)C2(CCC2)C(=O)N4C)cc1NS(=O)(=O)N(C)C. The lowest BCUT2D eigenvalue weighted by atomic mass is 9.64. The predicted molar refractivity (Wildman–Crippen MR) is 149 cm³/mol. The fourth-order valence-corrected chi connectivity index (χ4v) is 5.89. The normalized spacial score (nSPS) is 16.3. The van der Waals surface area contributed by atoms with Crippen molar-refractivity contribution in [2.24, 2.45) is 0 Å². The highest BCUT2D eigenvalue weighted by Gasteiger charge is 2.54. The number of hydrogen-bond donors (Lipinski definition) is 1. The summed E-state index contributed by atoms with van der Waals surface area (Å²) in [5.74, 6) is -0.379. The molecule has 1 aliphatic carbocycles. The van der Waals surface area contributed by atoms with Crippen molar-refractivity contribution < 1.29 is 22.3 Å². The fourth-order valence-electron chi connectivity index (χ4n) is 5.28. The first-order valence-corrected chi connectivity index (χ1v) is 14.3. The highest BCUT2D eigenvalue weighted by molar-refractivity contribution is 7.90. The molecule has 1 aliphatic heterocycles. The van der Waals surface area contributed by atoms with E-state index in [9.17, 15) is 13.2 Å². The summed E-state index contributed by atoms with van der Waals surface area (Å²) in [6, 6.07) is 4.76. The zero-order valence-electron chi connectivity index (χ0n) is 22.8. The van der Waals surface area contributed by atoms with E-state index in [4.69, 9.17) is 4.74 Å². The average Bonchev–Trinajstić information content (AvgIpc) is 3.09. The number of fused-ring (bicyclic) bond motifs is 4. The van der Waals surface area contributed by atoms with Crippen LogP contribution in [0.5, 0.6) is 5.88 Å². The number of aromatic nitrogens is 2. The lowest BCUT2D eigenvalue weighted by Crippen LogP contribution is -2.43. The Hall–Kier alpha value is -3.35. The van der Waals surface area contributed by atoms with Crippen molar-refractivity contribution in [3.63, 3.8) is 0 Å². The third-order valence-corrected chi connectivity index (χ3v) is 9.00. The Labute approximate surface area is 228 Å². The van der Waals surface area contributed by atoms with Crippen molar-refractivity contribution in [2.75, 3.05) is 58.0 Å². The molecule has 10 nitrogen and oxygen atoms in total. The van der Waals surface area contributed by atoms with E-state index in [1.165, 1.54) is 26.4 Å². The smallest absolute Gasteiger partial charge is 0.301 e. The number of likely N-dealkylation sites (N-methyl/N-ethyl adjacent to an activating group) is 1. The van der Waals surface area contributed by atoms with Gasteiger partial charge in [0.05, 0.1) is 23.9 Å². The molecular formula is C27H33FN6O4S. The standard InChI is InChI=1S/C27H33FN6O4S/c1-32(2)10-7-11-38-25-21(31-39(36,37)33(3)4)14-18(15-30-25)17-12-19-23-22(16-29-24(19)20(28)13-17)34(5)26(35)27(23)8-6-9-27/h12-16,31H,6-11H2,1-5H3. The number of anilines is 2. The van der Waals surface area contributed by atoms with E-state index in [0.717, 1.165) is 29.3 Å². The van der Waals surface area contributed by atoms with Gasteiger partial charge in [-0.15, -0.1) is 0 Å². The Bertz CT molecular complexity index is 1560. The molecule has 208 valence electrons. The first-order chi connectivity index (χ1) is 18.4. The highest BCUT2D eigenvalue weighted by atomic mass is 32.2. The second-order valence-corrected chi connectivity index (χ2v) is 12.5. The highest BCUT2D eigenvalue weighted by Crippen LogP contribution is 2.55. The third-order valence-electron chi connectivity index (χ3n) is 7.56. The molecule has 1 amide bonds. The van der Waals surface area contributed by atoms with Gasteiger partial charge in [0, 0.05) is 50.4 Å². The Balaban J connectivity index is 1.59. The zero-order valence-corrected chi connectivity index (χ0v) is 23.6. The number of nitrogens with zero attached hydrogens (tertiary/aromatic N) is 5. The van der Waals surface area contributed by atoms with Crippen molar-refractivity contribution in [1.29, 1.82) is 0 Å². The summed E-state index contributed by atoms with van der Waals surface area (Å²) < 4.78 is 50.2. The van der Waals surface area contributed by atoms with Gasteiger partial charge in [-0.05, 0) is 57.1 Å². The summed E-state index contributed by atoms with van der Waals surface area (Å²) in [5, 5.41) is 0.583. The Kier molecular flexibility index (Phi) is 6.98. The molecule has 39 heavy (non-hydrogen) atoms. The number of amides is 1. The van der Waals surface area contributed by atoms with Crippen molar-refractivity contribution in [3.8, 4) is 17.0 Å². The number of carbonyl (C=O) groups excluding carboxylic acids is 1. The lowest BCUT2D eigenvalue weighted by molar-refractivity contribution is -0.125. The van der Waals surface area contributed by atoms with Crippen molar-refractivity contribution in [2.45, 2.75) is 31.1 Å². The van der Waals surface area contributed by atoms with Gasteiger partial charge in [0.15, 0.2) is 0 Å². The number of benzene rings is 1. The summed E-state index contributed by atoms with van der Waals surface area (Å²) in [7, 11) is 4.61. The number of rotatable bonds is 9. The van der Waals surface area contributed by atoms with Gasteiger partial charge < -0.3 is 14.5 Å².